The second-order valence-electron chi connectivity index (χ2n) is 12.4. The fourth-order valence-electron chi connectivity index (χ4n) is 7.87. The first-order valence-electron chi connectivity index (χ1n) is 14.7. The van der Waals surface area contributed by atoms with E-state index in [0.29, 0.717) is 24.9 Å². The van der Waals surface area contributed by atoms with Crippen molar-refractivity contribution in [3.8, 4) is 0 Å². The molecule has 2 amide bonds. The molecule has 42 heavy (non-hydrogen) atoms. The van der Waals surface area contributed by atoms with Crippen LogP contribution in [-0.4, -0.2) is 33.8 Å². The van der Waals surface area contributed by atoms with Gasteiger partial charge in [0.1, 0.15) is 11.6 Å². The molecular formula is C34H30F2N4O2. The maximum absolute atomic E-state index is 14.2. The summed E-state index contributed by atoms with van der Waals surface area (Å²) in [6.45, 7) is 0.708. The molecule has 2 aliphatic heterocycles. The third-order valence-electron chi connectivity index (χ3n) is 9.93. The minimum Gasteiger partial charge on any atom is -0.328 e. The minimum atomic E-state index is -0.656. The van der Waals surface area contributed by atoms with E-state index in [9.17, 15) is 18.4 Å². The molecule has 8 heteroatoms. The average Bonchev–Trinajstić information content (AvgIpc) is 3.66. The van der Waals surface area contributed by atoms with Crippen molar-refractivity contribution in [3.05, 3.63) is 106 Å². The SMILES string of the molecule is O=C1N(Cc2cnc3cc4c(cc3c2)C[C@@]2(C4)C(=O)Nc3ccccc32)[C@H](c2cc(F)cc(F)c2)CNC12CCCC2. The number of aromatic nitrogens is 1. The minimum absolute atomic E-state index is 0.0252. The molecule has 1 saturated carbocycles. The number of para-hydroxylation sites is 1. The molecule has 0 unspecified atom stereocenters. The molecule has 212 valence electrons. The van der Waals surface area contributed by atoms with E-state index in [1.807, 2.05) is 24.3 Å². The molecule has 4 aromatic rings. The third-order valence-corrected chi connectivity index (χ3v) is 9.93. The van der Waals surface area contributed by atoms with Crippen molar-refractivity contribution in [1.29, 1.82) is 0 Å². The molecule has 2 atom stereocenters. The Morgan fingerprint density at radius 3 is 2.45 bits per heavy atom. The van der Waals surface area contributed by atoms with E-state index < -0.39 is 28.6 Å². The molecule has 3 heterocycles. The van der Waals surface area contributed by atoms with Crippen molar-refractivity contribution in [2.24, 2.45) is 0 Å². The van der Waals surface area contributed by atoms with Crippen molar-refractivity contribution < 1.29 is 18.4 Å². The lowest BCUT2D eigenvalue weighted by Crippen LogP contribution is -2.63. The van der Waals surface area contributed by atoms with Gasteiger partial charge in [-0.3, -0.25) is 14.6 Å². The molecule has 3 aromatic carbocycles. The van der Waals surface area contributed by atoms with Gasteiger partial charge in [-0.15, -0.1) is 0 Å². The lowest BCUT2D eigenvalue weighted by molar-refractivity contribution is -0.145. The van der Waals surface area contributed by atoms with E-state index in [4.69, 9.17) is 4.98 Å². The van der Waals surface area contributed by atoms with Crippen LogP contribution in [0.25, 0.3) is 10.9 Å². The smallest absolute Gasteiger partial charge is 0.243 e. The van der Waals surface area contributed by atoms with Gasteiger partial charge in [0.15, 0.2) is 0 Å². The molecule has 1 saturated heterocycles. The fraction of sp³-hybridized carbons (Fsp3) is 0.324. The third kappa shape index (κ3) is 3.81. The Morgan fingerprint density at radius 1 is 0.929 bits per heavy atom. The lowest BCUT2D eigenvalue weighted by atomic mass is 9.79. The number of pyridine rings is 1. The maximum Gasteiger partial charge on any atom is 0.243 e. The number of fused-ring (bicyclic) bond motifs is 4. The van der Waals surface area contributed by atoms with Crippen LogP contribution in [0, 0.1) is 11.6 Å². The molecule has 1 aromatic heterocycles. The van der Waals surface area contributed by atoms with Crippen LogP contribution in [0.15, 0.2) is 66.9 Å². The van der Waals surface area contributed by atoms with Crippen LogP contribution in [0.1, 0.15) is 59.5 Å². The Hall–Kier alpha value is -4.17. The van der Waals surface area contributed by atoms with Gasteiger partial charge >= 0.3 is 0 Å². The number of halogens is 2. The largest absolute Gasteiger partial charge is 0.328 e. The quantitative estimate of drug-likeness (QED) is 0.345. The molecule has 0 radical (unpaired) electrons. The number of piperazine rings is 1. The summed E-state index contributed by atoms with van der Waals surface area (Å²) in [5.74, 6) is -1.30. The molecule has 8 rings (SSSR count). The van der Waals surface area contributed by atoms with Crippen LogP contribution in [0.5, 0.6) is 0 Å². The zero-order chi connectivity index (χ0) is 28.6. The second-order valence-corrected chi connectivity index (χ2v) is 12.4. The highest BCUT2D eigenvalue weighted by Crippen LogP contribution is 2.48. The first kappa shape index (κ1) is 25.5. The standard InChI is InChI=1S/C34H30F2N4O2/c35-25-11-22(12-26(36)14-25)30-18-38-34(7-3-4-8-34)32(42)40(30)19-20-9-21-10-23-15-33(16-24(23)13-29(21)37-17-20)27-5-1-2-6-28(27)39-31(33)41/h1-2,5-6,9-14,17,30,38H,3-4,7-8,15-16,18-19H2,(H,39,41)/t30-,33-/m0/s1. The highest BCUT2D eigenvalue weighted by Gasteiger charge is 2.51. The Bertz CT molecular complexity index is 1780. The van der Waals surface area contributed by atoms with Crippen molar-refractivity contribution in [3.63, 3.8) is 0 Å². The van der Waals surface area contributed by atoms with Gasteiger partial charge in [-0.1, -0.05) is 31.0 Å². The zero-order valence-electron chi connectivity index (χ0n) is 23.1. The predicted molar refractivity (Wildman–Crippen MR) is 155 cm³/mol. The fourth-order valence-corrected chi connectivity index (χ4v) is 7.87. The van der Waals surface area contributed by atoms with Crippen LogP contribution in [0.2, 0.25) is 0 Å². The van der Waals surface area contributed by atoms with Crippen molar-refractivity contribution in [1.82, 2.24) is 15.2 Å². The van der Waals surface area contributed by atoms with Gasteiger partial charge in [-0.25, -0.2) is 8.78 Å². The predicted octanol–water partition coefficient (Wildman–Crippen LogP) is 5.49. The number of hydrogen-bond donors (Lipinski definition) is 2. The average molecular weight is 565 g/mol. The van der Waals surface area contributed by atoms with Gasteiger partial charge in [0.2, 0.25) is 11.8 Å². The Labute approximate surface area is 242 Å². The first-order valence-corrected chi connectivity index (χ1v) is 14.7. The van der Waals surface area contributed by atoms with Gasteiger partial charge < -0.3 is 15.5 Å². The molecule has 2 fully saturated rings. The number of benzene rings is 3. The summed E-state index contributed by atoms with van der Waals surface area (Å²) < 4.78 is 28.5. The molecule has 2 aliphatic carbocycles. The number of nitrogens with zero attached hydrogens (tertiary/aromatic N) is 2. The van der Waals surface area contributed by atoms with Crippen LogP contribution in [0.4, 0.5) is 14.5 Å². The Morgan fingerprint density at radius 2 is 1.67 bits per heavy atom. The number of amides is 2. The first-order chi connectivity index (χ1) is 20.3. The molecule has 4 aliphatic rings. The monoisotopic (exact) mass is 564 g/mol. The number of nitrogens with one attached hydrogen (secondary N) is 2. The number of rotatable bonds is 3. The summed E-state index contributed by atoms with van der Waals surface area (Å²) in [5, 5.41) is 7.47. The molecule has 6 nitrogen and oxygen atoms in total. The summed E-state index contributed by atoms with van der Waals surface area (Å²) in [6, 6.07) is 17.1. The van der Waals surface area contributed by atoms with Crippen LogP contribution < -0.4 is 10.6 Å². The number of carbonyl (C=O) groups is 2. The van der Waals surface area contributed by atoms with Gasteiger partial charge in [-0.2, -0.15) is 0 Å². The Balaban J connectivity index is 1.14. The van der Waals surface area contributed by atoms with Crippen molar-refractivity contribution in [2.75, 3.05) is 11.9 Å². The van der Waals surface area contributed by atoms with E-state index in [2.05, 4.69) is 28.8 Å². The van der Waals surface area contributed by atoms with Crippen LogP contribution in [-0.2, 0) is 34.4 Å². The Kier molecular flexibility index (Phi) is 5.57. The summed E-state index contributed by atoms with van der Waals surface area (Å²) in [5.41, 5.74) is 5.08. The van der Waals surface area contributed by atoms with E-state index in [1.165, 1.54) is 12.1 Å². The second kappa shape index (κ2) is 9.16. The summed E-state index contributed by atoms with van der Waals surface area (Å²) in [4.78, 5) is 33.8. The van der Waals surface area contributed by atoms with Gasteiger partial charge in [0, 0.05) is 36.4 Å². The topological polar surface area (TPSA) is 74.3 Å². The van der Waals surface area contributed by atoms with Crippen molar-refractivity contribution in [2.45, 2.75) is 62.1 Å². The molecular weight excluding hydrogens is 534 g/mol. The van der Waals surface area contributed by atoms with Gasteiger partial charge in [0.25, 0.3) is 0 Å². The summed E-state index contributed by atoms with van der Waals surface area (Å²) in [7, 11) is 0. The molecule has 2 N–H and O–H groups in total. The lowest BCUT2D eigenvalue weighted by Gasteiger charge is -2.45. The van der Waals surface area contributed by atoms with E-state index in [1.54, 1.807) is 11.1 Å². The summed E-state index contributed by atoms with van der Waals surface area (Å²) >= 11 is 0. The highest BCUT2D eigenvalue weighted by molar-refractivity contribution is 6.07. The van der Waals surface area contributed by atoms with Gasteiger partial charge in [-0.05, 0) is 89.9 Å². The summed E-state index contributed by atoms with van der Waals surface area (Å²) in [6.07, 6.45) is 6.50. The van der Waals surface area contributed by atoms with E-state index in [0.717, 1.165) is 70.6 Å². The van der Waals surface area contributed by atoms with Gasteiger partial charge in [0.05, 0.1) is 22.5 Å². The number of anilines is 1. The molecule has 0 bridgehead atoms. The maximum atomic E-state index is 14.2. The van der Waals surface area contributed by atoms with E-state index >= 15 is 0 Å². The number of carbonyl (C=O) groups excluding carboxylic acids is 2. The van der Waals surface area contributed by atoms with Crippen LogP contribution >= 0.6 is 0 Å². The van der Waals surface area contributed by atoms with Crippen molar-refractivity contribution >= 4 is 28.4 Å². The normalized spacial score (nSPS) is 24.0. The number of hydrogen-bond acceptors (Lipinski definition) is 4. The highest BCUT2D eigenvalue weighted by atomic mass is 19.1. The van der Waals surface area contributed by atoms with Crippen LogP contribution in [0.3, 0.4) is 0 Å². The zero-order valence-corrected chi connectivity index (χ0v) is 23.1. The molecule has 2 spiro atoms. The van der Waals surface area contributed by atoms with E-state index in [-0.39, 0.29) is 18.4 Å².